The van der Waals surface area contributed by atoms with E-state index in [1.165, 1.54) is 0 Å². The first-order valence-corrected chi connectivity index (χ1v) is 21.9. The lowest BCUT2D eigenvalue weighted by Crippen LogP contribution is -2.54. The van der Waals surface area contributed by atoms with Gasteiger partial charge in [-0.2, -0.15) is 10.2 Å². The molecular weight excluding hydrogens is 817 g/mol. The first-order chi connectivity index (χ1) is 31.4. The normalized spacial score (nSPS) is 15.2. The molecule has 6 aromatic heterocycles. The van der Waals surface area contributed by atoms with Crippen LogP contribution in [0.2, 0.25) is 0 Å². The van der Waals surface area contributed by atoms with Gasteiger partial charge in [-0.15, -0.1) is 0 Å². The summed E-state index contributed by atoms with van der Waals surface area (Å²) in [5.41, 5.74) is 7.07. The van der Waals surface area contributed by atoms with Gasteiger partial charge >= 0.3 is 0 Å². The fraction of sp³-hybridized carbons (Fsp3) is 0.280. The van der Waals surface area contributed by atoms with E-state index in [0.29, 0.717) is 37.3 Å². The van der Waals surface area contributed by atoms with Crippen molar-refractivity contribution in [1.29, 1.82) is 0 Å². The summed E-state index contributed by atoms with van der Waals surface area (Å²) in [5.74, 6) is 1.66. The minimum atomic E-state index is -0.231. The lowest BCUT2D eigenvalue weighted by molar-refractivity contribution is -0.861. The number of ketones is 2. The smallest absolute Gasteiger partial charge is 0.169 e. The molecule has 2 saturated heterocycles. The number of pyridine rings is 4. The molecule has 2 aliphatic heterocycles. The van der Waals surface area contributed by atoms with Crippen molar-refractivity contribution in [3.63, 3.8) is 0 Å². The maximum Gasteiger partial charge on any atom is 0.169 e. The van der Waals surface area contributed by atoms with Gasteiger partial charge in [-0.3, -0.25) is 28.9 Å². The van der Waals surface area contributed by atoms with Crippen LogP contribution in [0.5, 0.6) is 0 Å². The summed E-state index contributed by atoms with van der Waals surface area (Å²) in [6.45, 7) is 6.15. The minimum Gasteiger partial charge on any atom is -0.633 e. The number of aromatic nitrogens is 8. The molecule has 0 radical (unpaired) electrons. The molecule has 0 aliphatic carbocycles. The Morgan fingerprint density at radius 2 is 1.00 bits per heavy atom. The molecule has 0 saturated carbocycles. The topological polar surface area (TPSA) is 154 Å². The molecular formula is C50H52N12O3. The molecule has 0 unspecified atom stereocenters. The van der Waals surface area contributed by atoms with Crippen molar-refractivity contribution in [3.8, 4) is 22.3 Å². The average Bonchev–Trinajstić information content (AvgIpc) is 3.97. The maximum atomic E-state index is 13.0. The molecule has 8 aromatic rings. The van der Waals surface area contributed by atoms with E-state index in [0.717, 1.165) is 93.0 Å². The summed E-state index contributed by atoms with van der Waals surface area (Å²) >= 11 is 0. The number of Topliss-reactive ketones (excluding diaryl/α,β-unsaturated/α-hetero) is 2. The van der Waals surface area contributed by atoms with Gasteiger partial charge in [0.2, 0.25) is 0 Å². The van der Waals surface area contributed by atoms with E-state index in [2.05, 4.69) is 82.2 Å². The van der Waals surface area contributed by atoms with Gasteiger partial charge < -0.3 is 24.6 Å². The van der Waals surface area contributed by atoms with Crippen LogP contribution in [0.15, 0.2) is 122 Å². The molecule has 15 heteroatoms. The van der Waals surface area contributed by atoms with Crippen LogP contribution in [-0.2, 0) is 26.9 Å². The summed E-state index contributed by atoms with van der Waals surface area (Å²) in [7, 11) is 7.63. The van der Waals surface area contributed by atoms with Crippen molar-refractivity contribution in [1.82, 2.24) is 44.4 Å². The molecule has 10 rings (SSSR count). The number of nitrogens with zero attached hydrogens (tertiary/aromatic N) is 12. The Kier molecular flexibility index (Phi) is 12.3. The predicted molar refractivity (Wildman–Crippen MR) is 254 cm³/mol. The Morgan fingerprint density at radius 1 is 0.538 bits per heavy atom. The SMILES string of the molecule is CN1CCN(c2cc(C(=O)Cc3cc4cc(-c5cnn(C)c5)ccc4cn3)ccn2)CC1.Cn1cc(-c2ccc3cnc(CC(=O)c4ccnc(N5CC[N+](C)([O-])CC5)c4)cc3c2)cn1. The van der Waals surface area contributed by atoms with Crippen LogP contribution in [0.1, 0.15) is 32.1 Å². The number of quaternary nitrogens is 1. The van der Waals surface area contributed by atoms with E-state index in [1.54, 1.807) is 40.9 Å². The van der Waals surface area contributed by atoms with Crippen molar-refractivity contribution >= 4 is 44.7 Å². The Balaban J connectivity index is 0.000000164. The molecule has 0 bridgehead atoms. The van der Waals surface area contributed by atoms with Crippen LogP contribution < -0.4 is 9.80 Å². The van der Waals surface area contributed by atoms with Gasteiger partial charge in [-0.25, -0.2) is 9.97 Å². The van der Waals surface area contributed by atoms with E-state index in [1.807, 2.05) is 81.6 Å². The molecule has 0 amide bonds. The van der Waals surface area contributed by atoms with Gasteiger partial charge in [-0.1, -0.05) is 24.3 Å². The van der Waals surface area contributed by atoms with Crippen molar-refractivity contribution in [2.45, 2.75) is 12.8 Å². The second-order valence-corrected chi connectivity index (χ2v) is 17.3. The summed E-state index contributed by atoms with van der Waals surface area (Å²) in [5, 5.41) is 24.8. The highest BCUT2D eigenvalue weighted by atomic mass is 16.5. The molecule has 8 heterocycles. The van der Waals surface area contributed by atoms with Crippen molar-refractivity contribution in [2.75, 3.05) is 76.3 Å². The highest BCUT2D eigenvalue weighted by Gasteiger charge is 2.23. The van der Waals surface area contributed by atoms with Crippen LogP contribution >= 0.6 is 0 Å². The molecule has 2 aromatic carbocycles. The summed E-state index contributed by atoms with van der Waals surface area (Å²) < 4.78 is 3.34. The quantitative estimate of drug-likeness (QED) is 0.0846. The number of benzene rings is 2. The Bertz CT molecular complexity index is 3000. The fourth-order valence-electron chi connectivity index (χ4n) is 8.28. The summed E-state index contributed by atoms with van der Waals surface area (Å²) in [4.78, 5) is 50.6. The number of hydrogen-bond acceptors (Lipinski definition) is 12. The first-order valence-electron chi connectivity index (χ1n) is 21.9. The summed E-state index contributed by atoms with van der Waals surface area (Å²) in [6, 6.07) is 23.7. The highest BCUT2D eigenvalue weighted by Crippen LogP contribution is 2.27. The number of piperazine rings is 2. The van der Waals surface area contributed by atoms with E-state index in [9.17, 15) is 14.8 Å². The molecule has 65 heavy (non-hydrogen) atoms. The molecule has 0 spiro atoms. The molecule has 0 N–H and O–H groups in total. The number of anilines is 2. The molecule has 0 atom stereocenters. The van der Waals surface area contributed by atoms with E-state index in [4.69, 9.17) is 0 Å². The molecule has 2 aliphatic rings. The minimum absolute atomic E-state index is 0.00429. The standard InChI is InChI=1S/C25H26N6O2.C25H26N6O/c1-29-17-22(16-28-29)18-3-4-20-15-27-23(12-21(20)11-18)14-24(32)19-5-6-26-25(13-19)30-7-9-31(2,33)10-8-30;1-29-7-9-31(10-8-29)25-13-19(5-6-26-25)24(32)14-23-12-21-11-18(3-4-20(21)15-27-23)22-16-28-30(2)17-22/h3-6,11-13,15-17H,7-10,14H2,1-2H3;3-6,11-13,15-17H,7-10,14H2,1-2H3. The van der Waals surface area contributed by atoms with Gasteiger partial charge in [0.15, 0.2) is 11.6 Å². The van der Waals surface area contributed by atoms with Crippen LogP contribution in [0.4, 0.5) is 11.6 Å². The van der Waals surface area contributed by atoms with Gasteiger partial charge in [-0.05, 0) is 77.5 Å². The number of aryl methyl sites for hydroxylation is 2. The van der Waals surface area contributed by atoms with E-state index < -0.39 is 0 Å². The zero-order valence-electron chi connectivity index (χ0n) is 37.2. The number of rotatable bonds is 10. The zero-order chi connectivity index (χ0) is 45.1. The lowest BCUT2D eigenvalue weighted by Gasteiger charge is -2.45. The monoisotopic (exact) mass is 868 g/mol. The van der Waals surface area contributed by atoms with Gasteiger partial charge in [0.25, 0.3) is 0 Å². The predicted octanol–water partition coefficient (Wildman–Crippen LogP) is 6.43. The third kappa shape index (κ3) is 10.3. The number of hydrogen-bond donors (Lipinski definition) is 0. The highest BCUT2D eigenvalue weighted by molar-refractivity contribution is 5.99. The van der Waals surface area contributed by atoms with Crippen LogP contribution in [-0.4, -0.2) is 127 Å². The molecule has 330 valence electrons. The molecule has 15 nitrogen and oxygen atoms in total. The van der Waals surface area contributed by atoms with Crippen molar-refractivity contribution in [2.24, 2.45) is 14.1 Å². The third-order valence-electron chi connectivity index (χ3n) is 12.3. The third-order valence-corrected chi connectivity index (χ3v) is 12.3. The van der Waals surface area contributed by atoms with Gasteiger partial charge in [0, 0.05) is 122 Å². The van der Waals surface area contributed by atoms with Crippen LogP contribution in [0.25, 0.3) is 43.8 Å². The van der Waals surface area contributed by atoms with Crippen LogP contribution in [0, 0.1) is 5.21 Å². The Morgan fingerprint density at radius 3 is 1.45 bits per heavy atom. The fourth-order valence-corrected chi connectivity index (χ4v) is 8.28. The second-order valence-electron chi connectivity index (χ2n) is 17.3. The summed E-state index contributed by atoms with van der Waals surface area (Å²) in [6.07, 6.45) is 15.2. The van der Waals surface area contributed by atoms with Gasteiger partial charge in [0.1, 0.15) is 11.6 Å². The number of likely N-dealkylation sites (N-methyl/N-ethyl adjacent to an activating group) is 2. The van der Waals surface area contributed by atoms with Crippen molar-refractivity contribution < 1.29 is 14.2 Å². The van der Waals surface area contributed by atoms with Crippen LogP contribution in [0.3, 0.4) is 0 Å². The maximum absolute atomic E-state index is 13.0. The zero-order valence-corrected chi connectivity index (χ0v) is 37.2. The van der Waals surface area contributed by atoms with E-state index in [-0.39, 0.29) is 29.1 Å². The Hall–Kier alpha value is -7.20. The lowest BCUT2D eigenvalue weighted by atomic mass is 10.0. The second kappa shape index (κ2) is 18.5. The Labute approximate surface area is 377 Å². The number of carbonyl (C=O) groups is 2. The van der Waals surface area contributed by atoms with E-state index >= 15 is 0 Å². The number of carbonyl (C=O) groups excluding carboxylic acids is 2. The average molecular weight is 869 g/mol. The molecule has 2 fully saturated rings. The van der Waals surface area contributed by atoms with Gasteiger partial charge in [0.05, 0.1) is 58.5 Å². The number of hydroxylamine groups is 3. The number of fused-ring (bicyclic) bond motifs is 2. The first kappa shape index (κ1) is 43.1. The van der Waals surface area contributed by atoms with Crippen molar-refractivity contribution in [3.05, 3.63) is 150 Å². The largest absolute Gasteiger partial charge is 0.633 e.